The number of ether oxygens (including phenoxy) is 3. The largest absolute Gasteiger partial charge is 0.462 e. The van der Waals surface area contributed by atoms with Crippen LogP contribution in [0.15, 0.2) is 48.6 Å². The maximum atomic E-state index is 12.9. The molecule has 0 rings (SSSR count). The first kappa shape index (κ1) is 80.4. The van der Waals surface area contributed by atoms with E-state index >= 15 is 0 Å². The van der Waals surface area contributed by atoms with Gasteiger partial charge < -0.3 is 14.2 Å². The summed E-state index contributed by atoms with van der Waals surface area (Å²) >= 11 is 0. The molecule has 0 radical (unpaired) electrons. The van der Waals surface area contributed by atoms with E-state index in [4.69, 9.17) is 14.2 Å². The Morgan fingerprint density at radius 1 is 0.253 bits per heavy atom. The molecule has 0 aliphatic heterocycles. The summed E-state index contributed by atoms with van der Waals surface area (Å²) in [5.74, 6) is -0.846. The van der Waals surface area contributed by atoms with Gasteiger partial charge in [-0.2, -0.15) is 0 Å². The minimum absolute atomic E-state index is 0.0691. The average Bonchev–Trinajstić information content (AvgIpc) is 3.48. The van der Waals surface area contributed by atoms with Crippen LogP contribution in [-0.2, 0) is 28.6 Å². The Morgan fingerprint density at radius 3 is 0.735 bits per heavy atom. The van der Waals surface area contributed by atoms with E-state index in [9.17, 15) is 14.4 Å². The second-order valence-electron chi connectivity index (χ2n) is 25.2. The van der Waals surface area contributed by atoms with E-state index in [1.54, 1.807) is 0 Å². The van der Waals surface area contributed by atoms with Gasteiger partial charge in [-0.1, -0.05) is 378 Å². The molecule has 0 saturated heterocycles. The number of unbranched alkanes of at least 4 members (excludes halogenated alkanes) is 50. The van der Waals surface area contributed by atoms with E-state index < -0.39 is 6.10 Å². The molecule has 486 valence electrons. The zero-order valence-electron chi connectivity index (χ0n) is 56.0. The van der Waals surface area contributed by atoms with Crippen LogP contribution in [0, 0.1) is 0 Å². The van der Waals surface area contributed by atoms with Gasteiger partial charge in [0, 0.05) is 19.3 Å². The Hall–Kier alpha value is -2.63. The van der Waals surface area contributed by atoms with E-state index in [2.05, 4.69) is 69.4 Å². The fourth-order valence-corrected chi connectivity index (χ4v) is 11.3. The zero-order valence-corrected chi connectivity index (χ0v) is 56.0. The molecule has 0 aromatic heterocycles. The molecule has 0 aromatic carbocycles. The summed E-state index contributed by atoms with van der Waals surface area (Å²) in [6, 6.07) is 0. The molecule has 6 heteroatoms. The summed E-state index contributed by atoms with van der Waals surface area (Å²) < 4.78 is 17.0. The fraction of sp³-hybridized carbons (Fsp3) is 0.857. The lowest BCUT2D eigenvalue weighted by molar-refractivity contribution is -0.167. The first-order chi connectivity index (χ1) is 41.0. The number of carbonyl (C=O) groups excluding carboxylic acids is 3. The summed E-state index contributed by atoms with van der Waals surface area (Å²) in [6.45, 7) is 6.59. The highest BCUT2D eigenvalue weighted by Gasteiger charge is 2.20. The number of hydrogen-bond donors (Lipinski definition) is 0. The van der Waals surface area contributed by atoms with Crippen LogP contribution in [0.1, 0.15) is 406 Å². The van der Waals surface area contributed by atoms with Gasteiger partial charge in [-0.15, -0.1) is 0 Å². The van der Waals surface area contributed by atoms with Crippen molar-refractivity contribution in [1.29, 1.82) is 0 Å². The molecule has 0 aromatic rings. The van der Waals surface area contributed by atoms with E-state index in [1.165, 1.54) is 283 Å². The van der Waals surface area contributed by atoms with Crippen molar-refractivity contribution in [2.75, 3.05) is 13.2 Å². The van der Waals surface area contributed by atoms with Gasteiger partial charge in [-0.05, 0) is 57.8 Å². The molecule has 0 N–H and O–H groups in total. The van der Waals surface area contributed by atoms with Crippen LogP contribution in [0.5, 0.6) is 0 Å². The summed E-state index contributed by atoms with van der Waals surface area (Å²) in [6.07, 6.45) is 91.7. The molecule has 0 spiro atoms. The second-order valence-corrected chi connectivity index (χ2v) is 25.2. The monoisotopic (exact) mass is 1160 g/mol. The number of rotatable bonds is 69. The maximum absolute atomic E-state index is 12.9. The van der Waals surface area contributed by atoms with E-state index in [-0.39, 0.29) is 31.1 Å². The van der Waals surface area contributed by atoms with Crippen LogP contribution < -0.4 is 0 Å². The first-order valence-electron chi connectivity index (χ1n) is 37.1. The second kappa shape index (κ2) is 71.8. The van der Waals surface area contributed by atoms with Gasteiger partial charge in [0.25, 0.3) is 0 Å². The van der Waals surface area contributed by atoms with Gasteiger partial charge in [0.1, 0.15) is 13.2 Å². The quantitative estimate of drug-likeness (QED) is 0.0261. The molecule has 0 heterocycles. The minimum atomic E-state index is -0.773. The van der Waals surface area contributed by atoms with Crippen molar-refractivity contribution < 1.29 is 28.6 Å². The smallest absolute Gasteiger partial charge is 0.306 e. The van der Waals surface area contributed by atoms with E-state index in [0.717, 1.165) is 83.5 Å². The summed E-state index contributed by atoms with van der Waals surface area (Å²) in [7, 11) is 0. The van der Waals surface area contributed by atoms with Crippen LogP contribution in [0.25, 0.3) is 0 Å². The van der Waals surface area contributed by atoms with Crippen LogP contribution in [0.3, 0.4) is 0 Å². The van der Waals surface area contributed by atoms with Gasteiger partial charge in [0.05, 0.1) is 0 Å². The number of hydrogen-bond acceptors (Lipinski definition) is 6. The van der Waals surface area contributed by atoms with Gasteiger partial charge >= 0.3 is 17.9 Å². The highest BCUT2D eigenvalue weighted by molar-refractivity contribution is 5.71. The molecule has 0 fully saturated rings. The number of carbonyl (C=O) groups is 3. The van der Waals surface area contributed by atoms with Gasteiger partial charge in [0.15, 0.2) is 6.10 Å². The van der Waals surface area contributed by atoms with Crippen LogP contribution in [0.4, 0.5) is 0 Å². The Morgan fingerprint density at radius 2 is 0.470 bits per heavy atom. The van der Waals surface area contributed by atoms with Crippen LogP contribution >= 0.6 is 0 Å². The van der Waals surface area contributed by atoms with Gasteiger partial charge in [-0.25, -0.2) is 0 Å². The number of esters is 3. The third-order valence-corrected chi connectivity index (χ3v) is 16.8. The molecule has 6 nitrogen and oxygen atoms in total. The zero-order chi connectivity index (χ0) is 59.9. The molecule has 1 atom stereocenters. The van der Waals surface area contributed by atoms with Crippen molar-refractivity contribution in [3.8, 4) is 0 Å². The van der Waals surface area contributed by atoms with Crippen molar-refractivity contribution in [3.63, 3.8) is 0 Å². The predicted molar refractivity (Wildman–Crippen MR) is 362 cm³/mol. The lowest BCUT2D eigenvalue weighted by Gasteiger charge is -2.18. The molecule has 0 aliphatic rings. The van der Waals surface area contributed by atoms with Crippen molar-refractivity contribution >= 4 is 17.9 Å². The highest BCUT2D eigenvalue weighted by atomic mass is 16.6. The molecule has 0 aliphatic carbocycles. The third-order valence-electron chi connectivity index (χ3n) is 16.8. The third kappa shape index (κ3) is 70.0. The fourth-order valence-electron chi connectivity index (χ4n) is 11.3. The SMILES string of the molecule is CC/C=C\C/C=C\C/C=C\C/C=C\CCCCCCCCCCCCC(=O)OC(COC(=O)CCCCCCCCCCCCC)COC(=O)CCCCCCCCCCCCCCCCCCCCCCCCCCCCCCCCC. The maximum Gasteiger partial charge on any atom is 0.306 e. The van der Waals surface area contributed by atoms with Crippen molar-refractivity contribution in [2.24, 2.45) is 0 Å². The predicted octanol–water partition coefficient (Wildman–Crippen LogP) is 25.7. The van der Waals surface area contributed by atoms with Crippen molar-refractivity contribution in [2.45, 2.75) is 412 Å². The van der Waals surface area contributed by atoms with Crippen molar-refractivity contribution in [3.05, 3.63) is 48.6 Å². The first-order valence-corrected chi connectivity index (χ1v) is 37.1. The molecular formula is C77H142O6. The summed E-state index contributed by atoms with van der Waals surface area (Å²) in [4.78, 5) is 38.4. The number of allylic oxidation sites excluding steroid dienone is 8. The minimum Gasteiger partial charge on any atom is -0.462 e. The van der Waals surface area contributed by atoms with E-state index in [0.29, 0.717) is 19.3 Å². The lowest BCUT2D eigenvalue weighted by Crippen LogP contribution is -2.30. The van der Waals surface area contributed by atoms with Gasteiger partial charge in [-0.3, -0.25) is 14.4 Å². The molecule has 1 unspecified atom stereocenters. The van der Waals surface area contributed by atoms with E-state index in [1.807, 2.05) is 0 Å². The average molecular weight is 1160 g/mol. The molecule has 0 bridgehead atoms. The lowest BCUT2D eigenvalue weighted by atomic mass is 10.0. The Kier molecular flexibility index (Phi) is 69.6. The molecule has 0 saturated carbocycles. The normalized spacial score (nSPS) is 12.3. The Labute approximate surface area is 518 Å². The molecular weight excluding hydrogens is 1020 g/mol. The molecule has 83 heavy (non-hydrogen) atoms. The standard InChI is InChI=1S/C77H142O6/c1-4-7-10-13-16-19-22-24-26-28-30-32-34-35-36-37-38-39-40-41-43-44-46-48-50-52-55-58-61-64-67-70-76(79)82-73-74(72-81-75(78)69-66-63-60-57-54-21-18-15-12-9-6-3)83-77(80)71-68-65-62-59-56-53-51-49-47-45-42-33-31-29-27-25-23-20-17-14-11-8-5-2/h8,11,17,20,25,27,31,33,74H,4-7,9-10,12-16,18-19,21-24,26,28-30,32,34-73H2,1-3H3/b11-8-,20-17-,27-25-,33-31-. The topological polar surface area (TPSA) is 78.9 Å². The van der Waals surface area contributed by atoms with Gasteiger partial charge in [0.2, 0.25) is 0 Å². The Balaban J connectivity index is 4.12. The summed E-state index contributed by atoms with van der Waals surface area (Å²) in [5, 5.41) is 0. The van der Waals surface area contributed by atoms with Crippen LogP contribution in [0.2, 0.25) is 0 Å². The Bertz CT molecular complexity index is 1430. The summed E-state index contributed by atoms with van der Waals surface area (Å²) in [5.41, 5.74) is 0. The highest BCUT2D eigenvalue weighted by Crippen LogP contribution is 2.19. The van der Waals surface area contributed by atoms with Crippen LogP contribution in [-0.4, -0.2) is 37.2 Å². The molecule has 0 amide bonds. The van der Waals surface area contributed by atoms with Crippen molar-refractivity contribution in [1.82, 2.24) is 0 Å².